The van der Waals surface area contributed by atoms with Gasteiger partial charge in [-0.05, 0) is 35.9 Å². The number of hydrogen-bond acceptors (Lipinski definition) is 8. The van der Waals surface area contributed by atoms with E-state index in [0.717, 1.165) is 5.56 Å². The Morgan fingerprint density at radius 2 is 1.85 bits per heavy atom. The van der Waals surface area contributed by atoms with Gasteiger partial charge in [-0.25, -0.2) is 4.98 Å². The number of carbonyl (C=O) groups is 1. The number of nitrogens with zero attached hydrogens (tertiary/aromatic N) is 2. The first kappa shape index (κ1) is 20.8. The molecular weight excluding hydrogens is 456 g/mol. The molecule has 0 bridgehead atoms. The zero-order valence-electron chi connectivity index (χ0n) is 18.1. The molecule has 1 unspecified atom stereocenters. The molecule has 1 aromatic heterocycles. The summed E-state index contributed by atoms with van der Waals surface area (Å²) in [4.78, 5) is 19.8. The molecule has 2 aliphatic heterocycles. The van der Waals surface area contributed by atoms with E-state index in [1.807, 2.05) is 30.3 Å². The Bertz CT molecular complexity index is 1430. The minimum Gasteiger partial charge on any atom is -0.507 e. The SMILES string of the molecule is COc1ccc(CN2C(=O)C(O)(c3cc4c(cc3O)OCCO4)c3c2ccc2ncsc32)cc1. The highest BCUT2D eigenvalue weighted by molar-refractivity contribution is 7.17. The molecule has 0 saturated heterocycles. The van der Waals surface area contributed by atoms with Crippen molar-refractivity contribution in [1.29, 1.82) is 0 Å². The predicted octanol–water partition coefficient (Wildman–Crippen LogP) is 3.56. The number of aliphatic hydroxyl groups is 1. The van der Waals surface area contributed by atoms with E-state index < -0.39 is 11.5 Å². The van der Waals surface area contributed by atoms with E-state index in [2.05, 4.69) is 4.98 Å². The number of rotatable bonds is 4. The first-order valence-electron chi connectivity index (χ1n) is 10.7. The van der Waals surface area contributed by atoms with Gasteiger partial charge in [0, 0.05) is 17.2 Å². The van der Waals surface area contributed by atoms with Crippen molar-refractivity contribution in [3.05, 3.63) is 70.7 Å². The van der Waals surface area contributed by atoms with Crippen molar-refractivity contribution in [3.8, 4) is 23.0 Å². The number of benzene rings is 3. The molecule has 1 amide bonds. The molecule has 0 spiro atoms. The lowest BCUT2D eigenvalue weighted by Crippen LogP contribution is -2.41. The smallest absolute Gasteiger partial charge is 0.269 e. The third-order valence-corrected chi connectivity index (χ3v) is 7.09. The van der Waals surface area contributed by atoms with E-state index in [0.29, 0.717) is 51.9 Å². The van der Waals surface area contributed by atoms with E-state index >= 15 is 0 Å². The van der Waals surface area contributed by atoms with Crippen molar-refractivity contribution in [1.82, 2.24) is 4.98 Å². The monoisotopic (exact) mass is 476 g/mol. The summed E-state index contributed by atoms with van der Waals surface area (Å²) in [6, 6.07) is 13.9. The van der Waals surface area contributed by atoms with Crippen molar-refractivity contribution < 1.29 is 29.2 Å². The Kier molecular flexibility index (Phi) is 4.65. The van der Waals surface area contributed by atoms with Gasteiger partial charge in [-0.1, -0.05) is 12.1 Å². The second kappa shape index (κ2) is 7.61. The topological polar surface area (TPSA) is 101 Å². The van der Waals surface area contributed by atoms with Crippen molar-refractivity contribution in [2.24, 2.45) is 0 Å². The number of aromatic hydroxyl groups is 1. The summed E-state index contributed by atoms with van der Waals surface area (Å²) in [7, 11) is 1.59. The lowest BCUT2D eigenvalue weighted by molar-refractivity contribution is -0.132. The van der Waals surface area contributed by atoms with Crippen LogP contribution in [0.1, 0.15) is 16.7 Å². The summed E-state index contributed by atoms with van der Waals surface area (Å²) in [6.07, 6.45) is 0. The average Bonchev–Trinajstić information content (AvgIpc) is 3.42. The molecule has 2 aliphatic rings. The fourth-order valence-corrected chi connectivity index (χ4v) is 5.48. The number of aromatic nitrogens is 1. The van der Waals surface area contributed by atoms with Crippen LogP contribution in [0.5, 0.6) is 23.0 Å². The largest absolute Gasteiger partial charge is 0.507 e. The van der Waals surface area contributed by atoms with Crippen LogP contribution in [0.15, 0.2) is 54.0 Å². The maximum Gasteiger partial charge on any atom is 0.269 e. The number of methoxy groups -OCH3 is 1. The Morgan fingerprint density at radius 1 is 1.12 bits per heavy atom. The third-order valence-electron chi connectivity index (χ3n) is 6.23. The molecule has 0 radical (unpaired) electrons. The van der Waals surface area contributed by atoms with Crippen molar-refractivity contribution in [2.45, 2.75) is 12.1 Å². The number of ether oxygens (including phenoxy) is 3. The first-order valence-corrected chi connectivity index (χ1v) is 11.6. The van der Waals surface area contributed by atoms with E-state index in [-0.39, 0.29) is 17.9 Å². The van der Waals surface area contributed by atoms with Gasteiger partial charge in [0.2, 0.25) is 5.60 Å². The molecule has 0 aliphatic carbocycles. The minimum atomic E-state index is -2.13. The molecule has 0 saturated carbocycles. The maximum atomic E-state index is 14.0. The molecule has 3 heterocycles. The molecule has 8 nitrogen and oxygen atoms in total. The fourth-order valence-electron chi connectivity index (χ4n) is 4.59. The normalized spacial score (nSPS) is 18.9. The van der Waals surface area contributed by atoms with Crippen LogP contribution in [0.4, 0.5) is 5.69 Å². The molecule has 4 aromatic rings. The number of phenolic OH excluding ortho intramolecular Hbond substituents is 1. The van der Waals surface area contributed by atoms with Crippen LogP contribution in [0.3, 0.4) is 0 Å². The lowest BCUT2D eigenvalue weighted by atomic mass is 9.86. The highest BCUT2D eigenvalue weighted by atomic mass is 32.1. The van der Waals surface area contributed by atoms with Crippen molar-refractivity contribution in [2.75, 3.05) is 25.2 Å². The molecule has 0 fully saturated rings. The predicted molar refractivity (Wildman–Crippen MR) is 126 cm³/mol. The number of hydrogen-bond donors (Lipinski definition) is 2. The number of thiazole rings is 1. The van der Waals surface area contributed by atoms with Crippen molar-refractivity contribution in [3.63, 3.8) is 0 Å². The summed E-state index contributed by atoms with van der Waals surface area (Å²) in [5.41, 5.74) is 2.08. The molecule has 172 valence electrons. The Labute approximate surface area is 198 Å². The molecule has 1 atom stereocenters. The zero-order valence-corrected chi connectivity index (χ0v) is 19.0. The quantitative estimate of drug-likeness (QED) is 0.464. The Morgan fingerprint density at radius 3 is 2.59 bits per heavy atom. The lowest BCUT2D eigenvalue weighted by Gasteiger charge is -2.27. The second-order valence-corrected chi connectivity index (χ2v) is 8.98. The van der Waals surface area contributed by atoms with Crippen LogP contribution in [0.2, 0.25) is 0 Å². The first-order chi connectivity index (χ1) is 16.5. The van der Waals surface area contributed by atoms with E-state index in [1.165, 1.54) is 28.4 Å². The molecule has 3 aromatic carbocycles. The van der Waals surface area contributed by atoms with Crippen LogP contribution in [-0.2, 0) is 16.9 Å². The van der Waals surface area contributed by atoms with Crippen LogP contribution in [0, 0.1) is 0 Å². The minimum absolute atomic E-state index is 0.0427. The van der Waals surface area contributed by atoms with Gasteiger partial charge in [-0.2, -0.15) is 0 Å². The molecule has 6 rings (SSSR count). The third kappa shape index (κ3) is 2.94. The number of carbonyl (C=O) groups excluding carboxylic acids is 1. The van der Waals surface area contributed by atoms with Gasteiger partial charge in [0.25, 0.3) is 5.91 Å². The van der Waals surface area contributed by atoms with Crippen LogP contribution >= 0.6 is 11.3 Å². The summed E-state index contributed by atoms with van der Waals surface area (Å²) in [5, 5.41) is 23.0. The van der Waals surface area contributed by atoms with E-state index in [1.54, 1.807) is 18.7 Å². The highest BCUT2D eigenvalue weighted by Crippen LogP contribution is 2.52. The molecule has 34 heavy (non-hydrogen) atoms. The van der Waals surface area contributed by atoms with Gasteiger partial charge < -0.3 is 29.3 Å². The second-order valence-electron chi connectivity index (χ2n) is 8.12. The average molecular weight is 477 g/mol. The molecule has 9 heteroatoms. The molecular formula is C25H20N2O6S. The van der Waals surface area contributed by atoms with Crippen LogP contribution in [-0.4, -0.2) is 41.4 Å². The summed E-state index contributed by atoms with van der Waals surface area (Å²) < 4.78 is 17.1. The van der Waals surface area contributed by atoms with Crippen LogP contribution < -0.4 is 19.1 Å². The van der Waals surface area contributed by atoms with Gasteiger partial charge in [0.05, 0.1) is 35.1 Å². The van der Waals surface area contributed by atoms with Gasteiger partial charge in [0.1, 0.15) is 24.7 Å². The van der Waals surface area contributed by atoms with Gasteiger partial charge >= 0.3 is 0 Å². The van der Waals surface area contributed by atoms with Gasteiger partial charge in [-0.15, -0.1) is 11.3 Å². The number of anilines is 1. The van der Waals surface area contributed by atoms with E-state index in [9.17, 15) is 15.0 Å². The van der Waals surface area contributed by atoms with Gasteiger partial charge in [-0.3, -0.25) is 4.79 Å². The van der Waals surface area contributed by atoms with E-state index in [4.69, 9.17) is 14.2 Å². The fraction of sp³-hybridized carbons (Fsp3) is 0.200. The highest BCUT2D eigenvalue weighted by Gasteiger charge is 2.54. The number of amides is 1. The number of phenols is 1. The molecule has 2 N–H and O–H groups in total. The van der Waals surface area contributed by atoms with Crippen molar-refractivity contribution >= 4 is 33.1 Å². The zero-order chi connectivity index (χ0) is 23.4. The summed E-state index contributed by atoms with van der Waals surface area (Å²) >= 11 is 1.34. The summed E-state index contributed by atoms with van der Waals surface area (Å²) in [6.45, 7) is 0.922. The maximum absolute atomic E-state index is 14.0. The Hall–Kier alpha value is -3.82. The summed E-state index contributed by atoms with van der Waals surface area (Å²) in [5.74, 6) is 0.630. The standard InChI is InChI=1S/C25H20N2O6S/c1-31-15-4-2-14(3-5-15)12-27-18-7-6-17-23(34-13-26-17)22(18)25(30,24(27)29)16-10-20-21(11-19(16)28)33-9-8-32-20/h2-7,10-11,13,28,30H,8-9,12H2,1H3. The van der Waals surface area contributed by atoms with Gasteiger partial charge in [0.15, 0.2) is 11.5 Å². The Balaban J connectivity index is 1.53. The van der Waals surface area contributed by atoms with Crippen LogP contribution in [0.25, 0.3) is 10.2 Å². The number of fused-ring (bicyclic) bond motifs is 4.